The highest BCUT2D eigenvalue weighted by molar-refractivity contribution is 7.92. The molecule has 1 unspecified atom stereocenters. The predicted molar refractivity (Wildman–Crippen MR) is 43.3 cm³/mol. The molecule has 0 bridgehead atoms. The van der Waals surface area contributed by atoms with Crippen molar-refractivity contribution in [1.29, 1.82) is 0 Å². The van der Waals surface area contributed by atoms with Crippen LogP contribution in [0.1, 0.15) is 20.3 Å². The third-order valence-corrected chi connectivity index (χ3v) is 4.20. The Balaban J connectivity index is 2.46. The SMILES string of the molecule is CC(C)S(=O)(=O)CC1CCO1. The second-order valence-electron chi connectivity index (χ2n) is 3.16. The molecule has 0 aromatic carbocycles. The zero-order valence-electron chi connectivity index (χ0n) is 6.91. The fourth-order valence-corrected chi connectivity index (χ4v) is 2.03. The van der Waals surface area contributed by atoms with E-state index in [1.165, 1.54) is 0 Å². The summed E-state index contributed by atoms with van der Waals surface area (Å²) in [6.07, 6.45) is 0.869. The van der Waals surface area contributed by atoms with E-state index in [1.807, 2.05) is 0 Å². The van der Waals surface area contributed by atoms with E-state index >= 15 is 0 Å². The Labute approximate surface area is 67.7 Å². The molecule has 3 nitrogen and oxygen atoms in total. The Morgan fingerprint density at radius 3 is 2.36 bits per heavy atom. The van der Waals surface area contributed by atoms with Crippen LogP contribution in [0.4, 0.5) is 0 Å². The third kappa shape index (κ3) is 2.17. The molecule has 66 valence electrons. The van der Waals surface area contributed by atoms with E-state index in [-0.39, 0.29) is 17.1 Å². The lowest BCUT2D eigenvalue weighted by molar-refractivity contribution is -0.0353. The fraction of sp³-hybridized carbons (Fsp3) is 1.00. The first-order valence-electron chi connectivity index (χ1n) is 3.85. The summed E-state index contributed by atoms with van der Waals surface area (Å²) in [7, 11) is -2.88. The van der Waals surface area contributed by atoms with Crippen molar-refractivity contribution in [2.75, 3.05) is 12.4 Å². The van der Waals surface area contributed by atoms with E-state index in [0.29, 0.717) is 0 Å². The molecule has 1 aliphatic rings. The average molecular weight is 178 g/mol. The summed E-state index contributed by atoms with van der Waals surface area (Å²) in [5, 5.41) is -0.272. The first-order chi connectivity index (χ1) is 5.02. The molecule has 0 radical (unpaired) electrons. The molecule has 4 heteroatoms. The Morgan fingerprint density at radius 1 is 1.55 bits per heavy atom. The van der Waals surface area contributed by atoms with Crippen LogP contribution in [0.3, 0.4) is 0 Å². The summed E-state index contributed by atoms with van der Waals surface area (Å²) in [4.78, 5) is 0. The summed E-state index contributed by atoms with van der Waals surface area (Å²) in [5.41, 5.74) is 0. The lowest BCUT2D eigenvalue weighted by Gasteiger charge is -2.26. The van der Waals surface area contributed by atoms with Gasteiger partial charge in [0.2, 0.25) is 0 Å². The summed E-state index contributed by atoms with van der Waals surface area (Å²) in [6, 6.07) is 0. The van der Waals surface area contributed by atoms with Gasteiger partial charge in [-0.15, -0.1) is 0 Å². The number of hydrogen-bond acceptors (Lipinski definition) is 3. The second-order valence-corrected chi connectivity index (χ2v) is 5.76. The molecular weight excluding hydrogens is 164 g/mol. The molecule has 0 aliphatic carbocycles. The van der Waals surface area contributed by atoms with Crippen LogP contribution in [0.5, 0.6) is 0 Å². The molecule has 0 spiro atoms. The van der Waals surface area contributed by atoms with Crippen molar-refractivity contribution < 1.29 is 13.2 Å². The lowest BCUT2D eigenvalue weighted by Crippen LogP contribution is -2.36. The number of rotatable bonds is 3. The standard InChI is InChI=1S/C7H14O3S/c1-6(2)11(8,9)5-7-3-4-10-7/h6-7H,3-5H2,1-2H3. The topological polar surface area (TPSA) is 43.4 Å². The third-order valence-electron chi connectivity index (χ3n) is 1.93. The Kier molecular flexibility index (Phi) is 2.54. The van der Waals surface area contributed by atoms with Crippen LogP contribution < -0.4 is 0 Å². The Hall–Kier alpha value is -0.0900. The molecule has 0 N–H and O–H groups in total. The van der Waals surface area contributed by atoms with Gasteiger partial charge in [0.05, 0.1) is 17.1 Å². The first kappa shape index (κ1) is 9.00. The van der Waals surface area contributed by atoms with Gasteiger partial charge < -0.3 is 4.74 Å². The quantitative estimate of drug-likeness (QED) is 0.635. The van der Waals surface area contributed by atoms with Crippen molar-refractivity contribution in [1.82, 2.24) is 0 Å². The van der Waals surface area contributed by atoms with Crippen LogP contribution in [0, 0.1) is 0 Å². The predicted octanol–water partition coefficient (Wildman–Crippen LogP) is 0.599. The summed E-state index contributed by atoms with van der Waals surface area (Å²) in [5.74, 6) is 0.199. The van der Waals surface area contributed by atoms with Crippen LogP contribution in [-0.2, 0) is 14.6 Å². The van der Waals surface area contributed by atoms with Gasteiger partial charge in [-0.3, -0.25) is 0 Å². The summed E-state index contributed by atoms with van der Waals surface area (Å²) < 4.78 is 27.5. The highest BCUT2D eigenvalue weighted by Gasteiger charge is 2.27. The van der Waals surface area contributed by atoms with Crippen LogP contribution >= 0.6 is 0 Å². The molecule has 1 aliphatic heterocycles. The van der Waals surface area contributed by atoms with Gasteiger partial charge >= 0.3 is 0 Å². The molecule has 1 heterocycles. The normalized spacial score (nSPS) is 25.2. The van der Waals surface area contributed by atoms with Gasteiger partial charge in [0.1, 0.15) is 0 Å². The van der Waals surface area contributed by atoms with Crippen molar-refractivity contribution in [3.8, 4) is 0 Å². The van der Waals surface area contributed by atoms with E-state index in [1.54, 1.807) is 13.8 Å². The molecule has 1 saturated heterocycles. The van der Waals surface area contributed by atoms with E-state index in [0.717, 1.165) is 13.0 Å². The summed E-state index contributed by atoms with van der Waals surface area (Å²) >= 11 is 0. The van der Waals surface area contributed by atoms with Crippen molar-refractivity contribution in [3.63, 3.8) is 0 Å². The van der Waals surface area contributed by atoms with E-state index in [9.17, 15) is 8.42 Å². The van der Waals surface area contributed by atoms with Crippen LogP contribution in [0.2, 0.25) is 0 Å². The average Bonchev–Trinajstić information content (AvgIpc) is 1.79. The molecule has 0 aromatic heterocycles. The zero-order valence-corrected chi connectivity index (χ0v) is 7.73. The maximum Gasteiger partial charge on any atom is 0.155 e. The maximum absolute atomic E-state index is 11.3. The molecule has 0 aromatic rings. The summed E-state index contributed by atoms with van der Waals surface area (Å²) in [6.45, 7) is 4.13. The van der Waals surface area contributed by atoms with Crippen LogP contribution in [0.15, 0.2) is 0 Å². The first-order valence-corrected chi connectivity index (χ1v) is 5.57. The number of hydrogen-bond donors (Lipinski definition) is 0. The molecular formula is C7H14O3S. The molecule has 1 fully saturated rings. The van der Waals surface area contributed by atoms with Gasteiger partial charge in [-0.05, 0) is 20.3 Å². The van der Waals surface area contributed by atoms with E-state index in [2.05, 4.69) is 0 Å². The minimum Gasteiger partial charge on any atom is -0.377 e. The minimum absolute atomic E-state index is 0.0256. The zero-order chi connectivity index (χ0) is 8.48. The molecule has 11 heavy (non-hydrogen) atoms. The van der Waals surface area contributed by atoms with Crippen molar-refractivity contribution >= 4 is 9.84 Å². The second kappa shape index (κ2) is 3.11. The van der Waals surface area contributed by atoms with Gasteiger partial charge in [-0.1, -0.05) is 0 Å². The molecule has 1 rings (SSSR count). The molecule has 0 saturated carbocycles. The van der Waals surface area contributed by atoms with Crippen LogP contribution in [-0.4, -0.2) is 32.1 Å². The van der Waals surface area contributed by atoms with E-state index < -0.39 is 9.84 Å². The van der Waals surface area contributed by atoms with Gasteiger partial charge in [-0.25, -0.2) is 8.42 Å². The lowest BCUT2D eigenvalue weighted by atomic mass is 10.2. The maximum atomic E-state index is 11.3. The Bertz CT molecular complexity index is 214. The monoisotopic (exact) mass is 178 g/mol. The molecule has 0 amide bonds. The van der Waals surface area contributed by atoms with Gasteiger partial charge in [-0.2, -0.15) is 0 Å². The number of ether oxygens (including phenoxy) is 1. The highest BCUT2D eigenvalue weighted by atomic mass is 32.2. The van der Waals surface area contributed by atoms with Crippen LogP contribution in [0.25, 0.3) is 0 Å². The van der Waals surface area contributed by atoms with E-state index in [4.69, 9.17) is 4.74 Å². The van der Waals surface area contributed by atoms with Crippen molar-refractivity contribution in [3.05, 3.63) is 0 Å². The van der Waals surface area contributed by atoms with Crippen molar-refractivity contribution in [2.24, 2.45) is 0 Å². The smallest absolute Gasteiger partial charge is 0.155 e. The van der Waals surface area contributed by atoms with Gasteiger partial charge in [0.15, 0.2) is 9.84 Å². The minimum atomic E-state index is -2.88. The highest BCUT2D eigenvalue weighted by Crippen LogP contribution is 2.15. The largest absolute Gasteiger partial charge is 0.377 e. The molecule has 1 atom stereocenters. The fourth-order valence-electron chi connectivity index (χ4n) is 0.868. The van der Waals surface area contributed by atoms with Crippen molar-refractivity contribution in [2.45, 2.75) is 31.6 Å². The van der Waals surface area contributed by atoms with Gasteiger partial charge in [0.25, 0.3) is 0 Å². The Morgan fingerprint density at radius 2 is 2.09 bits per heavy atom. The van der Waals surface area contributed by atoms with Gasteiger partial charge in [0, 0.05) is 6.61 Å². The number of sulfone groups is 1.